The van der Waals surface area contributed by atoms with Crippen LogP contribution < -0.4 is 15.0 Å². The standard InChI is InChI=1S/C25H32N6O3/c1-27-25(19-8-5-4-6-9-19)12-10-24(11-13-25)18-30(23(32)31(24)14-7-15-33-2)20-17-28-21(16-26)29-22(20)34-3/h4-6,8-9,17,27H,7,10-15,18H2,1-3H3/t24-,25+. The Labute approximate surface area is 200 Å². The molecule has 4 rings (SSSR count). The molecule has 1 aliphatic carbocycles. The average molecular weight is 465 g/mol. The molecular weight excluding hydrogens is 432 g/mol. The molecule has 2 aliphatic rings. The maximum Gasteiger partial charge on any atom is 0.325 e. The van der Waals surface area contributed by atoms with E-state index in [4.69, 9.17) is 14.7 Å². The summed E-state index contributed by atoms with van der Waals surface area (Å²) < 4.78 is 10.7. The van der Waals surface area contributed by atoms with Gasteiger partial charge in [-0.2, -0.15) is 10.2 Å². The van der Waals surface area contributed by atoms with Crippen molar-refractivity contribution in [3.05, 3.63) is 47.9 Å². The van der Waals surface area contributed by atoms with Gasteiger partial charge in [0, 0.05) is 25.8 Å². The number of rotatable bonds is 8. The van der Waals surface area contributed by atoms with Crippen LogP contribution in [0, 0.1) is 11.3 Å². The van der Waals surface area contributed by atoms with Gasteiger partial charge in [0.1, 0.15) is 11.8 Å². The number of hydrogen-bond donors (Lipinski definition) is 1. The second-order valence-corrected chi connectivity index (χ2v) is 8.99. The van der Waals surface area contributed by atoms with Crippen LogP contribution in [0.3, 0.4) is 0 Å². The molecule has 34 heavy (non-hydrogen) atoms. The first-order chi connectivity index (χ1) is 16.5. The van der Waals surface area contributed by atoms with Gasteiger partial charge in [-0.3, -0.25) is 4.90 Å². The van der Waals surface area contributed by atoms with Crippen LogP contribution in [0.5, 0.6) is 5.88 Å². The molecule has 0 unspecified atom stereocenters. The van der Waals surface area contributed by atoms with Crippen molar-refractivity contribution >= 4 is 11.7 Å². The summed E-state index contributed by atoms with van der Waals surface area (Å²) in [5.41, 5.74) is 1.35. The second kappa shape index (κ2) is 9.95. The number of ether oxygens (including phenoxy) is 2. The van der Waals surface area contributed by atoms with Crippen LogP contribution in [0.15, 0.2) is 36.5 Å². The van der Waals surface area contributed by atoms with Gasteiger partial charge >= 0.3 is 6.03 Å². The molecule has 1 saturated carbocycles. The Hall–Kier alpha value is -3.22. The van der Waals surface area contributed by atoms with Crippen LogP contribution in [0.1, 0.15) is 43.5 Å². The first-order valence-electron chi connectivity index (χ1n) is 11.7. The summed E-state index contributed by atoms with van der Waals surface area (Å²) in [6.45, 7) is 1.73. The molecule has 1 aliphatic heterocycles. The molecule has 1 aromatic carbocycles. The van der Waals surface area contributed by atoms with Gasteiger partial charge in [0.15, 0.2) is 0 Å². The minimum Gasteiger partial charge on any atom is -0.479 e. The third-order valence-corrected chi connectivity index (χ3v) is 7.38. The Morgan fingerprint density at radius 3 is 2.53 bits per heavy atom. The van der Waals surface area contributed by atoms with Crippen molar-refractivity contribution in [3.63, 3.8) is 0 Å². The fraction of sp³-hybridized carbons (Fsp3) is 0.520. The normalized spacial score (nSPS) is 24.5. The van der Waals surface area contributed by atoms with Gasteiger partial charge in [0.05, 0.1) is 25.4 Å². The topological polar surface area (TPSA) is 104 Å². The Kier molecular flexibility index (Phi) is 7.00. The minimum absolute atomic E-state index is 0.0123. The average Bonchev–Trinajstić information content (AvgIpc) is 3.16. The van der Waals surface area contributed by atoms with Crippen LogP contribution in [-0.4, -0.2) is 67.4 Å². The summed E-state index contributed by atoms with van der Waals surface area (Å²) in [6, 6.07) is 12.4. The first kappa shape index (κ1) is 23.9. The van der Waals surface area contributed by atoms with Crippen molar-refractivity contribution in [3.8, 4) is 11.9 Å². The van der Waals surface area contributed by atoms with E-state index < -0.39 is 0 Å². The third kappa shape index (κ3) is 4.19. The number of carbonyl (C=O) groups is 1. The van der Waals surface area contributed by atoms with E-state index >= 15 is 0 Å². The highest BCUT2D eigenvalue weighted by Crippen LogP contribution is 2.48. The number of nitrogens with one attached hydrogen (secondary N) is 1. The SMILES string of the molecule is CN[C@]1(c2ccccc2)CC[C@]2(CC1)CN(c1cnc(C#N)nc1OC)C(=O)N2CCCOC. The van der Waals surface area contributed by atoms with Gasteiger partial charge in [0.25, 0.3) is 0 Å². The van der Waals surface area contributed by atoms with Crippen molar-refractivity contribution in [1.82, 2.24) is 20.2 Å². The summed E-state index contributed by atoms with van der Waals surface area (Å²) in [5, 5.41) is 12.7. The number of benzene rings is 1. The number of nitrogens with zero attached hydrogens (tertiary/aromatic N) is 5. The zero-order chi connectivity index (χ0) is 24.2. The molecule has 9 heteroatoms. The van der Waals surface area contributed by atoms with Crippen LogP contribution in [0.4, 0.5) is 10.5 Å². The molecule has 2 fully saturated rings. The van der Waals surface area contributed by atoms with Crippen molar-refractivity contribution < 1.29 is 14.3 Å². The highest BCUT2D eigenvalue weighted by atomic mass is 16.5. The number of methoxy groups -OCH3 is 2. The molecule has 2 aromatic rings. The lowest BCUT2D eigenvalue weighted by molar-refractivity contribution is 0.0722. The van der Waals surface area contributed by atoms with Gasteiger partial charge in [-0.05, 0) is 44.7 Å². The fourth-order valence-electron chi connectivity index (χ4n) is 5.44. The smallest absolute Gasteiger partial charge is 0.325 e. The molecule has 2 amide bonds. The molecule has 180 valence electrons. The number of nitriles is 1. The van der Waals surface area contributed by atoms with Crippen molar-refractivity contribution in [2.45, 2.75) is 43.2 Å². The zero-order valence-electron chi connectivity index (χ0n) is 20.1. The molecule has 1 N–H and O–H groups in total. The molecule has 1 saturated heterocycles. The maximum absolute atomic E-state index is 13.7. The fourth-order valence-corrected chi connectivity index (χ4v) is 5.44. The summed E-state index contributed by atoms with van der Waals surface area (Å²) in [4.78, 5) is 25.7. The monoisotopic (exact) mass is 464 g/mol. The third-order valence-electron chi connectivity index (χ3n) is 7.38. The number of anilines is 1. The molecule has 1 aromatic heterocycles. The van der Waals surface area contributed by atoms with E-state index in [1.807, 2.05) is 24.1 Å². The van der Waals surface area contributed by atoms with E-state index in [1.54, 1.807) is 12.0 Å². The molecule has 0 atom stereocenters. The quantitative estimate of drug-likeness (QED) is 0.599. The number of urea groups is 1. The van der Waals surface area contributed by atoms with E-state index in [0.717, 1.165) is 32.1 Å². The highest BCUT2D eigenvalue weighted by molar-refractivity contribution is 5.96. The largest absolute Gasteiger partial charge is 0.479 e. The number of hydrogen-bond acceptors (Lipinski definition) is 7. The van der Waals surface area contributed by atoms with Crippen LogP contribution in [-0.2, 0) is 10.3 Å². The van der Waals surface area contributed by atoms with Crippen LogP contribution in [0.25, 0.3) is 0 Å². The Bertz CT molecular complexity index is 1050. The Morgan fingerprint density at radius 1 is 1.18 bits per heavy atom. The van der Waals surface area contributed by atoms with Crippen molar-refractivity contribution in [2.24, 2.45) is 0 Å². The highest BCUT2D eigenvalue weighted by Gasteiger charge is 2.54. The first-order valence-corrected chi connectivity index (χ1v) is 11.7. The summed E-state index contributed by atoms with van der Waals surface area (Å²) in [7, 11) is 5.18. The number of carbonyl (C=O) groups excluding carboxylic acids is 1. The predicted molar refractivity (Wildman–Crippen MR) is 128 cm³/mol. The summed E-state index contributed by atoms with van der Waals surface area (Å²) in [5.74, 6) is 0.247. The predicted octanol–water partition coefficient (Wildman–Crippen LogP) is 3.06. The van der Waals surface area contributed by atoms with E-state index in [-0.39, 0.29) is 28.8 Å². The minimum atomic E-state index is -0.307. The van der Waals surface area contributed by atoms with E-state index in [0.29, 0.717) is 25.4 Å². The molecule has 2 heterocycles. The Morgan fingerprint density at radius 2 is 1.91 bits per heavy atom. The molecule has 1 spiro atoms. The summed E-state index contributed by atoms with van der Waals surface area (Å²) in [6.07, 6.45) is 5.82. The van der Waals surface area contributed by atoms with Crippen LogP contribution in [0.2, 0.25) is 0 Å². The van der Waals surface area contributed by atoms with E-state index in [9.17, 15) is 4.79 Å². The molecule has 0 radical (unpaired) electrons. The Balaban J connectivity index is 1.65. The molecule has 9 nitrogen and oxygen atoms in total. The second-order valence-electron chi connectivity index (χ2n) is 8.99. The van der Waals surface area contributed by atoms with Gasteiger partial charge < -0.3 is 19.7 Å². The number of amides is 2. The zero-order valence-corrected chi connectivity index (χ0v) is 20.1. The van der Waals surface area contributed by atoms with Crippen molar-refractivity contribution in [1.29, 1.82) is 5.26 Å². The summed E-state index contributed by atoms with van der Waals surface area (Å²) >= 11 is 0. The van der Waals surface area contributed by atoms with Gasteiger partial charge in [0.2, 0.25) is 11.7 Å². The van der Waals surface area contributed by atoms with Gasteiger partial charge in [-0.1, -0.05) is 30.3 Å². The molecular formula is C25H32N6O3. The van der Waals surface area contributed by atoms with E-state index in [2.05, 4.69) is 39.6 Å². The van der Waals surface area contributed by atoms with Gasteiger partial charge in [-0.25, -0.2) is 9.78 Å². The lowest BCUT2D eigenvalue weighted by Crippen LogP contribution is -2.55. The lowest BCUT2D eigenvalue weighted by Gasteiger charge is -2.48. The van der Waals surface area contributed by atoms with E-state index in [1.165, 1.54) is 18.9 Å². The van der Waals surface area contributed by atoms with Crippen LogP contribution >= 0.6 is 0 Å². The van der Waals surface area contributed by atoms with Crippen molar-refractivity contribution in [2.75, 3.05) is 45.9 Å². The maximum atomic E-state index is 13.7. The van der Waals surface area contributed by atoms with Gasteiger partial charge in [-0.15, -0.1) is 0 Å². The molecule has 0 bridgehead atoms. The lowest BCUT2D eigenvalue weighted by atomic mass is 9.69. The number of aromatic nitrogens is 2.